The van der Waals surface area contributed by atoms with E-state index in [-0.39, 0.29) is 35.4 Å². The zero-order valence-electron chi connectivity index (χ0n) is 21.4. The molecule has 5 rings (SSSR count). The molecule has 0 bridgehead atoms. The molecule has 0 spiro atoms. The molecule has 1 aromatic heterocycles. The minimum absolute atomic E-state index is 0.0403. The van der Waals surface area contributed by atoms with Gasteiger partial charge in [-0.15, -0.1) is 0 Å². The smallest absolute Gasteiger partial charge is 0.290 e. The van der Waals surface area contributed by atoms with Gasteiger partial charge >= 0.3 is 0 Å². The van der Waals surface area contributed by atoms with Crippen LogP contribution in [0.15, 0.2) is 54.1 Å². The van der Waals surface area contributed by atoms with Gasteiger partial charge in [0.15, 0.2) is 23.0 Å². The first-order valence-corrected chi connectivity index (χ1v) is 13.0. The Hall–Kier alpha value is -3.35. The van der Waals surface area contributed by atoms with Crippen molar-refractivity contribution in [1.29, 1.82) is 0 Å². The predicted octanol–water partition coefficient (Wildman–Crippen LogP) is 4.87. The summed E-state index contributed by atoms with van der Waals surface area (Å²) in [6, 6.07) is 8.89. The lowest BCUT2D eigenvalue weighted by molar-refractivity contribution is -0.139. The number of fused-ring (bicyclic) bond motifs is 1. The number of ketones is 1. The van der Waals surface area contributed by atoms with Crippen LogP contribution < -0.4 is 9.47 Å². The van der Waals surface area contributed by atoms with Crippen LogP contribution in [0.25, 0.3) is 0 Å². The third kappa shape index (κ3) is 4.25. The largest absolute Gasteiger partial charge is 0.490 e. The number of rotatable bonds is 7. The molecule has 2 aromatic rings. The van der Waals surface area contributed by atoms with E-state index in [1.54, 1.807) is 17.3 Å². The van der Waals surface area contributed by atoms with Crippen LogP contribution in [0.1, 0.15) is 57.7 Å². The van der Waals surface area contributed by atoms with Crippen molar-refractivity contribution in [2.75, 3.05) is 13.2 Å². The Morgan fingerprint density at radius 3 is 2.56 bits per heavy atom. The summed E-state index contributed by atoms with van der Waals surface area (Å²) in [5.74, 6) is 1.66. The van der Waals surface area contributed by atoms with E-state index in [2.05, 4.69) is 18.8 Å². The Morgan fingerprint density at radius 2 is 1.83 bits per heavy atom. The normalized spacial score (nSPS) is 27.4. The average molecular weight is 491 g/mol. The lowest BCUT2D eigenvalue weighted by Crippen LogP contribution is -2.45. The molecule has 1 aliphatic carbocycles. The highest BCUT2D eigenvalue weighted by Crippen LogP contribution is 2.50. The van der Waals surface area contributed by atoms with E-state index in [0.29, 0.717) is 42.7 Å². The molecule has 1 saturated carbocycles. The lowest BCUT2D eigenvalue weighted by Gasteiger charge is -2.41. The molecule has 190 valence electrons. The number of benzene rings is 1. The molecule has 36 heavy (non-hydrogen) atoms. The molecule has 3 heterocycles. The summed E-state index contributed by atoms with van der Waals surface area (Å²) in [7, 11) is 0. The van der Waals surface area contributed by atoms with Gasteiger partial charge in [-0.05, 0) is 67.9 Å². The standard InChI is InChI=1S/C29H34N2O5/c1-5-34-22-10-9-20(14-23(22)35-6-2)25-24-26(32)21-13-17(3)12-18(4)27(21)36-28(24)29(33)31(25)16-19-8-7-11-30-15-19/h7-11,14-15,17-18,21,25,27H,5-6,12-13,16H2,1-4H3. The summed E-state index contributed by atoms with van der Waals surface area (Å²) in [6.07, 6.45) is 4.97. The van der Waals surface area contributed by atoms with Crippen LogP contribution in [-0.2, 0) is 20.9 Å². The average Bonchev–Trinajstić information content (AvgIpc) is 3.13. The lowest BCUT2D eigenvalue weighted by atomic mass is 9.70. The van der Waals surface area contributed by atoms with E-state index in [1.165, 1.54) is 0 Å². The fourth-order valence-corrected chi connectivity index (χ4v) is 6.06. The zero-order valence-corrected chi connectivity index (χ0v) is 21.4. The molecule has 1 amide bonds. The number of aromatic nitrogens is 1. The van der Waals surface area contributed by atoms with Crippen LogP contribution in [0.3, 0.4) is 0 Å². The van der Waals surface area contributed by atoms with Crippen LogP contribution in [0.4, 0.5) is 0 Å². The van der Waals surface area contributed by atoms with Gasteiger partial charge in [-0.1, -0.05) is 26.0 Å². The number of carbonyl (C=O) groups is 2. The molecule has 5 unspecified atom stereocenters. The summed E-state index contributed by atoms with van der Waals surface area (Å²) in [4.78, 5) is 33.8. The molecule has 7 heteroatoms. The Labute approximate surface area is 212 Å². The fourth-order valence-electron chi connectivity index (χ4n) is 6.06. The van der Waals surface area contributed by atoms with Crippen molar-refractivity contribution in [2.45, 2.75) is 59.2 Å². The number of amides is 1. The third-order valence-electron chi connectivity index (χ3n) is 7.49. The van der Waals surface area contributed by atoms with Crippen molar-refractivity contribution in [2.24, 2.45) is 17.8 Å². The Morgan fingerprint density at radius 1 is 1.06 bits per heavy atom. The van der Waals surface area contributed by atoms with Crippen molar-refractivity contribution < 1.29 is 23.8 Å². The van der Waals surface area contributed by atoms with Gasteiger partial charge in [0.05, 0.1) is 30.7 Å². The van der Waals surface area contributed by atoms with E-state index < -0.39 is 6.04 Å². The number of Topliss-reactive ketones (excluding diaryl/α,β-unsaturated/α-hetero) is 1. The first-order valence-electron chi connectivity index (χ1n) is 13.0. The summed E-state index contributed by atoms with van der Waals surface area (Å²) >= 11 is 0. The van der Waals surface area contributed by atoms with Crippen LogP contribution >= 0.6 is 0 Å². The monoisotopic (exact) mass is 490 g/mol. The van der Waals surface area contributed by atoms with Gasteiger partial charge in [0.25, 0.3) is 5.91 Å². The van der Waals surface area contributed by atoms with E-state index in [1.807, 2.05) is 44.2 Å². The molecule has 5 atom stereocenters. The number of carbonyl (C=O) groups excluding carboxylic acids is 2. The Kier molecular flexibility index (Phi) is 6.73. The topological polar surface area (TPSA) is 78.0 Å². The number of nitrogens with zero attached hydrogens (tertiary/aromatic N) is 2. The third-order valence-corrected chi connectivity index (χ3v) is 7.49. The van der Waals surface area contributed by atoms with Crippen molar-refractivity contribution in [3.63, 3.8) is 0 Å². The SMILES string of the molecule is CCOc1ccc(C2C3=C(OC4C(C)CC(C)CC4C3=O)C(=O)N2Cc2cccnc2)cc1OCC. The second-order valence-corrected chi connectivity index (χ2v) is 10.1. The number of pyridine rings is 1. The van der Waals surface area contributed by atoms with Crippen LogP contribution in [0.2, 0.25) is 0 Å². The minimum atomic E-state index is -0.566. The molecule has 0 radical (unpaired) electrons. The van der Waals surface area contributed by atoms with Crippen molar-refractivity contribution >= 4 is 11.7 Å². The van der Waals surface area contributed by atoms with Crippen molar-refractivity contribution in [3.05, 3.63) is 65.2 Å². The molecular formula is C29H34N2O5. The molecular weight excluding hydrogens is 456 g/mol. The first-order chi connectivity index (χ1) is 17.4. The van der Waals surface area contributed by atoms with E-state index in [0.717, 1.165) is 24.0 Å². The van der Waals surface area contributed by atoms with Gasteiger partial charge < -0.3 is 19.1 Å². The number of ether oxygens (including phenoxy) is 3. The van der Waals surface area contributed by atoms with Gasteiger partial charge in [-0.3, -0.25) is 14.6 Å². The Bertz CT molecular complexity index is 1180. The van der Waals surface area contributed by atoms with Crippen LogP contribution in [-0.4, -0.2) is 40.9 Å². The number of hydrogen-bond acceptors (Lipinski definition) is 6. The van der Waals surface area contributed by atoms with Gasteiger partial charge in [-0.25, -0.2) is 0 Å². The van der Waals surface area contributed by atoms with Gasteiger partial charge in [0.1, 0.15) is 6.10 Å². The maximum Gasteiger partial charge on any atom is 0.290 e. The number of hydrogen-bond donors (Lipinski definition) is 0. The molecule has 1 fully saturated rings. The highest BCUT2D eigenvalue weighted by atomic mass is 16.5. The molecule has 0 N–H and O–H groups in total. The highest BCUT2D eigenvalue weighted by Gasteiger charge is 2.54. The molecule has 3 aliphatic rings. The maximum atomic E-state index is 14.1. The maximum absolute atomic E-state index is 14.1. The van der Waals surface area contributed by atoms with Crippen LogP contribution in [0.5, 0.6) is 11.5 Å². The summed E-state index contributed by atoms with van der Waals surface area (Å²) in [5.41, 5.74) is 2.16. The second kappa shape index (κ2) is 9.96. The molecule has 1 aromatic carbocycles. The summed E-state index contributed by atoms with van der Waals surface area (Å²) in [5, 5.41) is 0. The van der Waals surface area contributed by atoms with Gasteiger partial charge in [-0.2, -0.15) is 0 Å². The van der Waals surface area contributed by atoms with Gasteiger partial charge in [0.2, 0.25) is 0 Å². The molecule has 0 saturated heterocycles. The van der Waals surface area contributed by atoms with E-state index in [4.69, 9.17) is 14.2 Å². The highest BCUT2D eigenvalue weighted by molar-refractivity contribution is 6.11. The fraction of sp³-hybridized carbons (Fsp3) is 0.483. The zero-order chi connectivity index (χ0) is 25.4. The van der Waals surface area contributed by atoms with Crippen molar-refractivity contribution in [1.82, 2.24) is 9.88 Å². The second-order valence-electron chi connectivity index (χ2n) is 10.1. The summed E-state index contributed by atoms with van der Waals surface area (Å²) in [6.45, 7) is 9.46. The molecule has 7 nitrogen and oxygen atoms in total. The predicted molar refractivity (Wildman–Crippen MR) is 134 cm³/mol. The Balaban J connectivity index is 1.60. The first kappa shape index (κ1) is 24.3. The van der Waals surface area contributed by atoms with Crippen molar-refractivity contribution in [3.8, 4) is 11.5 Å². The summed E-state index contributed by atoms with van der Waals surface area (Å²) < 4.78 is 18.0. The van der Waals surface area contributed by atoms with E-state index >= 15 is 0 Å². The van der Waals surface area contributed by atoms with Crippen LogP contribution in [0, 0.1) is 17.8 Å². The minimum Gasteiger partial charge on any atom is -0.490 e. The molecule has 2 aliphatic heterocycles. The van der Waals surface area contributed by atoms with Gasteiger partial charge in [0, 0.05) is 18.9 Å². The van der Waals surface area contributed by atoms with E-state index in [9.17, 15) is 9.59 Å². The quantitative estimate of drug-likeness (QED) is 0.551.